The van der Waals surface area contributed by atoms with E-state index in [0.29, 0.717) is 17.7 Å². The number of carbonyl (C=O) groups excluding carboxylic acids is 1. The molecule has 0 bridgehead atoms. The predicted octanol–water partition coefficient (Wildman–Crippen LogP) is 2.03. The molecule has 0 saturated heterocycles. The molecule has 27 heavy (non-hydrogen) atoms. The second-order valence-electron chi connectivity index (χ2n) is 5.79. The van der Waals surface area contributed by atoms with Crippen molar-refractivity contribution < 1.29 is 9.53 Å². The Bertz CT molecular complexity index is 866. The highest BCUT2D eigenvalue weighted by molar-refractivity contribution is 6.08. The fourth-order valence-electron chi connectivity index (χ4n) is 2.67. The fraction of sp³-hybridized carbons (Fsp3) is 0.158. The van der Waals surface area contributed by atoms with Crippen LogP contribution in [-0.4, -0.2) is 35.1 Å². The second-order valence-corrected chi connectivity index (χ2v) is 5.79. The lowest BCUT2D eigenvalue weighted by molar-refractivity contribution is -0.115. The molecule has 1 aromatic heterocycles. The van der Waals surface area contributed by atoms with Crippen LogP contribution < -0.4 is 15.9 Å². The van der Waals surface area contributed by atoms with E-state index in [1.165, 1.54) is 37.0 Å². The lowest BCUT2D eigenvalue weighted by Gasteiger charge is -2.25. The number of benzene rings is 1. The molecule has 0 saturated carbocycles. The van der Waals surface area contributed by atoms with Crippen LogP contribution in [0.2, 0.25) is 0 Å². The van der Waals surface area contributed by atoms with E-state index < -0.39 is 0 Å². The summed E-state index contributed by atoms with van der Waals surface area (Å²) < 4.78 is 5.25. The Labute approximate surface area is 157 Å². The van der Waals surface area contributed by atoms with Crippen molar-refractivity contribution in [2.45, 2.75) is 12.5 Å². The van der Waals surface area contributed by atoms with Crippen molar-refractivity contribution in [2.24, 2.45) is 10.9 Å². The smallest absolute Gasteiger partial charge is 0.226 e. The molecule has 0 spiro atoms. The molecular weight excluding hydrogens is 344 g/mol. The zero-order valence-corrected chi connectivity index (χ0v) is 14.9. The van der Waals surface area contributed by atoms with Gasteiger partial charge in [-0.1, -0.05) is 24.8 Å². The summed E-state index contributed by atoms with van der Waals surface area (Å²) in [5, 5.41) is 7.37. The van der Waals surface area contributed by atoms with Crippen LogP contribution >= 0.6 is 0 Å². The SMILES string of the molecule is C=C(C(=O)/C(=C\N(N)c1cncnc1)OC)C1CC=NN1c1ccccc1. The Balaban J connectivity index is 1.79. The van der Waals surface area contributed by atoms with Gasteiger partial charge in [0, 0.05) is 18.2 Å². The Kier molecular flexibility index (Phi) is 5.58. The summed E-state index contributed by atoms with van der Waals surface area (Å²) in [6.45, 7) is 3.99. The van der Waals surface area contributed by atoms with Gasteiger partial charge in [-0.25, -0.2) is 15.8 Å². The van der Waals surface area contributed by atoms with Gasteiger partial charge in [0.25, 0.3) is 0 Å². The van der Waals surface area contributed by atoms with Gasteiger partial charge < -0.3 is 4.74 Å². The van der Waals surface area contributed by atoms with Crippen molar-refractivity contribution >= 4 is 23.4 Å². The molecule has 1 aliphatic heterocycles. The highest BCUT2D eigenvalue weighted by Crippen LogP contribution is 2.27. The maximum atomic E-state index is 12.9. The Hall–Kier alpha value is -3.52. The normalized spacial score (nSPS) is 16.3. The van der Waals surface area contributed by atoms with Gasteiger partial charge in [-0.15, -0.1) is 0 Å². The number of hydrogen-bond acceptors (Lipinski definition) is 8. The van der Waals surface area contributed by atoms with E-state index in [0.717, 1.165) is 5.69 Å². The molecule has 1 aromatic carbocycles. The van der Waals surface area contributed by atoms with Crippen molar-refractivity contribution in [3.05, 3.63) is 73.2 Å². The molecule has 2 heterocycles. The molecule has 138 valence electrons. The highest BCUT2D eigenvalue weighted by atomic mass is 16.5. The highest BCUT2D eigenvalue weighted by Gasteiger charge is 2.30. The zero-order chi connectivity index (χ0) is 19.2. The minimum absolute atomic E-state index is 0.0614. The number of rotatable bonds is 7. The largest absolute Gasteiger partial charge is 0.491 e. The van der Waals surface area contributed by atoms with Gasteiger partial charge >= 0.3 is 0 Å². The molecule has 1 aliphatic rings. The molecule has 2 N–H and O–H groups in total. The van der Waals surface area contributed by atoms with E-state index >= 15 is 0 Å². The number of anilines is 2. The second kappa shape index (κ2) is 8.24. The van der Waals surface area contributed by atoms with Crippen molar-refractivity contribution in [3.8, 4) is 0 Å². The number of carbonyl (C=O) groups is 1. The predicted molar refractivity (Wildman–Crippen MR) is 104 cm³/mol. The number of nitrogens with zero attached hydrogens (tertiary/aromatic N) is 5. The van der Waals surface area contributed by atoms with Crippen molar-refractivity contribution in [3.63, 3.8) is 0 Å². The van der Waals surface area contributed by atoms with Crippen molar-refractivity contribution in [1.82, 2.24) is 9.97 Å². The third-order valence-corrected chi connectivity index (χ3v) is 4.09. The monoisotopic (exact) mass is 364 g/mol. The topological polar surface area (TPSA) is 96.9 Å². The zero-order valence-electron chi connectivity index (χ0n) is 14.9. The van der Waals surface area contributed by atoms with Gasteiger partial charge in [0.05, 0.1) is 43.1 Å². The molecule has 1 unspecified atom stereocenters. The summed E-state index contributed by atoms with van der Waals surface area (Å²) in [5.41, 5.74) is 1.76. The number of hydrazone groups is 1. The molecule has 1 atom stereocenters. The van der Waals surface area contributed by atoms with Crippen molar-refractivity contribution in [2.75, 3.05) is 17.1 Å². The maximum absolute atomic E-state index is 12.9. The first kappa shape index (κ1) is 18.3. The standard InChI is InChI=1S/C19H20N6O2/c1-14(17-8-9-23-25(17)15-6-4-3-5-7-15)19(26)18(27-2)12-24(20)16-10-21-13-22-11-16/h3-7,9-13,17H,1,8,20H2,2H3/b18-12+. The van der Waals surface area contributed by atoms with Crippen LogP contribution in [0.4, 0.5) is 11.4 Å². The lowest BCUT2D eigenvalue weighted by atomic mass is 10.0. The summed E-state index contributed by atoms with van der Waals surface area (Å²) in [5.74, 6) is 5.68. The first-order valence-electron chi connectivity index (χ1n) is 8.26. The molecular formula is C19H20N6O2. The molecule has 8 heteroatoms. The number of para-hydroxylation sites is 1. The number of ketones is 1. The van der Waals surface area contributed by atoms with E-state index in [4.69, 9.17) is 10.6 Å². The Morgan fingerprint density at radius 2 is 2.04 bits per heavy atom. The number of hydrazine groups is 1. The van der Waals surface area contributed by atoms with Crippen molar-refractivity contribution in [1.29, 1.82) is 0 Å². The van der Waals surface area contributed by atoms with Crippen LogP contribution in [0.3, 0.4) is 0 Å². The first-order valence-corrected chi connectivity index (χ1v) is 8.26. The Morgan fingerprint density at radius 3 is 2.70 bits per heavy atom. The van der Waals surface area contributed by atoms with Crippen LogP contribution in [0, 0.1) is 0 Å². The van der Waals surface area contributed by atoms with E-state index in [1.54, 1.807) is 11.2 Å². The number of methoxy groups -OCH3 is 1. The van der Waals surface area contributed by atoms with Crippen LogP contribution in [0.1, 0.15) is 6.42 Å². The molecule has 8 nitrogen and oxygen atoms in total. The fourth-order valence-corrected chi connectivity index (χ4v) is 2.67. The van der Waals surface area contributed by atoms with Gasteiger partial charge in [-0.2, -0.15) is 5.10 Å². The summed E-state index contributed by atoms with van der Waals surface area (Å²) in [6.07, 6.45) is 8.17. The van der Waals surface area contributed by atoms with E-state index in [2.05, 4.69) is 21.6 Å². The van der Waals surface area contributed by atoms with Gasteiger partial charge in [0.1, 0.15) is 6.33 Å². The Morgan fingerprint density at radius 1 is 1.33 bits per heavy atom. The summed E-state index contributed by atoms with van der Waals surface area (Å²) in [7, 11) is 1.41. The van der Waals surface area contributed by atoms with Gasteiger partial charge in [0.15, 0.2) is 5.76 Å². The number of hydrogen-bond donors (Lipinski definition) is 1. The number of ether oxygens (including phenoxy) is 1. The lowest BCUT2D eigenvalue weighted by Crippen LogP contribution is -2.33. The van der Waals surface area contributed by atoms with Crippen LogP contribution in [0.5, 0.6) is 0 Å². The molecule has 2 aromatic rings. The van der Waals surface area contributed by atoms with Gasteiger partial charge in [-0.05, 0) is 12.1 Å². The van der Waals surface area contributed by atoms with E-state index in [1.807, 2.05) is 30.3 Å². The number of Topliss-reactive ketones (excluding diaryl/α,β-unsaturated/α-hetero) is 1. The first-order chi connectivity index (χ1) is 13.1. The van der Waals surface area contributed by atoms with Crippen LogP contribution in [0.15, 0.2) is 78.3 Å². The molecule has 3 rings (SSSR count). The molecule has 0 fully saturated rings. The maximum Gasteiger partial charge on any atom is 0.226 e. The summed E-state index contributed by atoms with van der Waals surface area (Å²) in [6, 6.07) is 9.33. The average molecular weight is 364 g/mol. The van der Waals surface area contributed by atoms with Gasteiger partial charge in [-0.3, -0.25) is 14.8 Å². The van der Waals surface area contributed by atoms with E-state index in [-0.39, 0.29) is 17.6 Å². The number of nitrogens with two attached hydrogens (primary N) is 1. The minimum atomic E-state index is -0.346. The molecule has 0 amide bonds. The molecule has 0 radical (unpaired) electrons. The average Bonchev–Trinajstić information content (AvgIpc) is 3.22. The van der Waals surface area contributed by atoms with Gasteiger partial charge in [0.2, 0.25) is 5.78 Å². The minimum Gasteiger partial charge on any atom is -0.491 e. The van der Waals surface area contributed by atoms with E-state index in [9.17, 15) is 4.79 Å². The third-order valence-electron chi connectivity index (χ3n) is 4.09. The number of aromatic nitrogens is 2. The summed E-state index contributed by atoms with van der Waals surface area (Å²) >= 11 is 0. The molecule has 0 aliphatic carbocycles. The van der Waals surface area contributed by atoms with Crippen LogP contribution in [0.25, 0.3) is 0 Å². The quantitative estimate of drug-likeness (QED) is 0.347. The third kappa shape index (κ3) is 4.01. The summed E-state index contributed by atoms with van der Waals surface area (Å²) in [4.78, 5) is 20.7. The van der Waals surface area contributed by atoms with Crippen LogP contribution in [-0.2, 0) is 9.53 Å². The number of allylic oxidation sites excluding steroid dienone is 1.